The first-order chi connectivity index (χ1) is 18.2. The fraction of sp³-hybridized carbons (Fsp3) is 0.296. The van der Waals surface area contributed by atoms with E-state index in [4.69, 9.17) is 9.47 Å². The highest BCUT2D eigenvalue weighted by Crippen LogP contribution is 2.35. The van der Waals surface area contributed by atoms with Gasteiger partial charge in [0.1, 0.15) is 11.5 Å². The molecule has 1 saturated heterocycles. The number of anilines is 4. The highest BCUT2D eigenvalue weighted by atomic mass is 16.5. The van der Waals surface area contributed by atoms with Gasteiger partial charge in [-0.25, -0.2) is 9.97 Å². The van der Waals surface area contributed by atoms with E-state index in [0.717, 1.165) is 72.4 Å². The SMILES string of the molecule is COCCNc1ccn2c(-c3ccc(Nc4ccc(N5CCOCC5)cn4)c4c3CNC4=O)cnc2c1. The average molecular weight is 500 g/mol. The molecule has 1 amide bonds. The third kappa shape index (κ3) is 4.56. The summed E-state index contributed by atoms with van der Waals surface area (Å²) in [6.07, 6.45) is 5.71. The van der Waals surface area contributed by atoms with Crippen LogP contribution in [-0.4, -0.2) is 66.8 Å². The molecular formula is C27H29N7O3. The molecule has 0 saturated carbocycles. The number of benzene rings is 1. The minimum absolute atomic E-state index is 0.0947. The Bertz CT molecular complexity index is 1430. The van der Waals surface area contributed by atoms with Crippen molar-refractivity contribution in [3.05, 3.63) is 66.1 Å². The van der Waals surface area contributed by atoms with Crippen molar-refractivity contribution in [1.29, 1.82) is 0 Å². The second kappa shape index (κ2) is 10.1. The normalized spacial score (nSPS) is 15.1. The minimum atomic E-state index is -0.0947. The summed E-state index contributed by atoms with van der Waals surface area (Å²) in [5, 5.41) is 9.66. The van der Waals surface area contributed by atoms with Crippen LogP contribution < -0.4 is 20.9 Å². The number of rotatable bonds is 8. The van der Waals surface area contributed by atoms with Crippen LogP contribution in [0.1, 0.15) is 15.9 Å². The molecule has 37 heavy (non-hydrogen) atoms. The van der Waals surface area contributed by atoms with E-state index < -0.39 is 0 Å². The first-order valence-electron chi connectivity index (χ1n) is 12.4. The Hall–Kier alpha value is -4.15. The molecule has 0 radical (unpaired) electrons. The van der Waals surface area contributed by atoms with E-state index in [2.05, 4.69) is 30.8 Å². The molecule has 0 aliphatic carbocycles. The lowest BCUT2D eigenvalue weighted by atomic mass is 9.99. The number of hydrogen-bond acceptors (Lipinski definition) is 8. The summed E-state index contributed by atoms with van der Waals surface area (Å²) >= 11 is 0. The van der Waals surface area contributed by atoms with E-state index in [1.807, 2.05) is 59.4 Å². The van der Waals surface area contributed by atoms with E-state index in [1.165, 1.54) is 0 Å². The lowest BCUT2D eigenvalue weighted by molar-refractivity contribution is 0.0966. The first-order valence-corrected chi connectivity index (χ1v) is 12.4. The number of nitrogens with zero attached hydrogens (tertiary/aromatic N) is 4. The van der Waals surface area contributed by atoms with E-state index in [-0.39, 0.29) is 5.91 Å². The molecule has 0 bridgehead atoms. The second-order valence-corrected chi connectivity index (χ2v) is 9.03. The number of morpholine rings is 1. The number of nitrogens with one attached hydrogen (secondary N) is 3. The smallest absolute Gasteiger partial charge is 0.254 e. The zero-order chi connectivity index (χ0) is 25.2. The zero-order valence-electron chi connectivity index (χ0n) is 20.7. The molecule has 4 aromatic rings. The molecule has 3 N–H and O–H groups in total. The Kier molecular flexibility index (Phi) is 6.33. The molecule has 1 fully saturated rings. The number of pyridine rings is 2. The standard InChI is InChI=1S/C27H29N7O3/c1-36-11-7-28-18-6-8-34-23(17-30-25(34)14-18)20-3-4-22(26-21(20)16-31-27(26)35)32-24-5-2-19(15-29-24)33-9-12-37-13-10-33/h2-6,8,14-15,17,28H,7,9-13,16H2,1H3,(H,29,32)(H,31,35). The monoisotopic (exact) mass is 499 g/mol. The van der Waals surface area contributed by atoms with Crippen LogP contribution in [0.4, 0.5) is 22.9 Å². The number of amides is 1. The summed E-state index contributed by atoms with van der Waals surface area (Å²) < 4.78 is 12.6. The Labute approximate surface area is 214 Å². The first kappa shape index (κ1) is 23.3. The number of fused-ring (bicyclic) bond motifs is 2. The number of methoxy groups -OCH3 is 1. The maximum absolute atomic E-state index is 12.9. The lowest BCUT2D eigenvalue weighted by Gasteiger charge is -2.28. The largest absolute Gasteiger partial charge is 0.383 e. The van der Waals surface area contributed by atoms with Gasteiger partial charge in [0, 0.05) is 56.8 Å². The molecule has 3 aromatic heterocycles. The maximum Gasteiger partial charge on any atom is 0.254 e. The van der Waals surface area contributed by atoms with Crippen molar-refractivity contribution in [2.24, 2.45) is 0 Å². The molecule has 6 rings (SSSR count). The number of carbonyl (C=O) groups excluding carboxylic acids is 1. The summed E-state index contributed by atoms with van der Waals surface area (Å²) in [7, 11) is 1.68. The van der Waals surface area contributed by atoms with Gasteiger partial charge in [0.15, 0.2) is 0 Å². The summed E-state index contributed by atoms with van der Waals surface area (Å²) in [6, 6.07) is 12.0. The van der Waals surface area contributed by atoms with Gasteiger partial charge in [-0.1, -0.05) is 6.07 Å². The number of imidazole rings is 1. The zero-order valence-corrected chi connectivity index (χ0v) is 20.7. The van der Waals surface area contributed by atoms with Crippen LogP contribution in [0.5, 0.6) is 0 Å². The molecule has 190 valence electrons. The van der Waals surface area contributed by atoms with Crippen LogP contribution in [0, 0.1) is 0 Å². The molecule has 2 aliphatic rings. The van der Waals surface area contributed by atoms with Crippen molar-refractivity contribution >= 4 is 34.4 Å². The molecule has 0 atom stereocenters. The quantitative estimate of drug-likeness (QED) is 0.317. The van der Waals surface area contributed by atoms with Crippen LogP contribution in [0.3, 0.4) is 0 Å². The highest BCUT2D eigenvalue weighted by Gasteiger charge is 2.27. The summed E-state index contributed by atoms with van der Waals surface area (Å²) in [4.78, 5) is 24.3. The Morgan fingerprint density at radius 3 is 2.81 bits per heavy atom. The van der Waals surface area contributed by atoms with Crippen molar-refractivity contribution in [3.8, 4) is 11.3 Å². The number of carbonyl (C=O) groups is 1. The molecule has 10 nitrogen and oxygen atoms in total. The summed E-state index contributed by atoms with van der Waals surface area (Å²) in [5.41, 5.74) is 7.11. The molecular weight excluding hydrogens is 470 g/mol. The van der Waals surface area contributed by atoms with Crippen molar-refractivity contribution in [3.63, 3.8) is 0 Å². The van der Waals surface area contributed by atoms with Crippen molar-refractivity contribution < 1.29 is 14.3 Å². The van der Waals surface area contributed by atoms with Gasteiger partial charge >= 0.3 is 0 Å². The molecule has 0 spiro atoms. The minimum Gasteiger partial charge on any atom is -0.383 e. The van der Waals surface area contributed by atoms with E-state index in [1.54, 1.807) is 7.11 Å². The predicted molar refractivity (Wildman–Crippen MR) is 143 cm³/mol. The highest BCUT2D eigenvalue weighted by molar-refractivity contribution is 6.06. The Balaban J connectivity index is 1.27. The summed E-state index contributed by atoms with van der Waals surface area (Å²) in [6.45, 7) is 5.00. The molecule has 5 heterocycles. The van der Waals surface area contributed by atoms with E-state index in [0.29, 0.717) is 24.5 Å². The fourth-order valence-corrected chi connectivity index (χ4v) is 4.89. The third-order valence-electron chi connectivity index (χ3n) is 6.78. The van der Waals surface area contributed by atoms with Crippen LogP contribution in [0.15, 0.2) is 55.0 Å². The van der Waals surface area contributed by atoms with Crippen LogP contribution in [0.25, 0.3) is 16.9 Å². The third-order valence-corrected chi connectivity index (χ3v) is 6.78. The molecule has 10 heteroatoms. The molecule has 1 aromatic carbocycles. The van der Waals surface area contributed by atoms with Crippen molar-refractivity contribution in [2.75, 3.05) is 62.1 Å². The number of aromatic nitrogens is 3. The van der Waals surface area contributed by atoms with Gasteiger partial charge in [-0.05, 0) is 29.8 Å². The van der Waals surface area contributed by atoms with Crippen LogP contribution in [0.2, 0.25) is 0 Å². The number of hydrogen-bond donors (Lipinski definition) is 3. The average Bonchev–Trinajstić information content (AvgIpc) is 3.54. The van der Waals surface area contributed by atoms with Gasteiger partial charge in [0.2, 0.25) is 0 Å². The topological polar surface area (TPSA) is 105 Å². The van der Waals surface area contributed by atoms with Gasteiger partial charge in [0.05, 0.1) is 54.8 Å². The van der Waals surface area contributed by atoms with Crippen molar-refractivity contribution in [1.82, 2.24) is 19.7 Å². The van der Waals surface area contributed by atoms with Gasteiger partial charge in [0.25, 0.3) is 5.91 Å². The lowest BCUT2D eigenvalue weighted by Crippen LogP contribution is -2.36. The van der Waals surface area contributed by atoms with Gasteiger partial charge < -0.3 is 30.3 Å². The molecule has 0 unspecified atom stereocenters. The molecule has 2 aliphatic heterocycles. The van der Waals surface area contributed by atoms with E-state index in [9.17, 15) is 4.79 Å². The Morgan fingerprint density at radius 1 is 1.11 bits per heavy atom. The second-order valence-electron chi connectivity index (χ2n) is 9.03. The van der Waals surface area contributed by atoms with Gasteiger partial charge in [-0.15, -0.1) is 0 Å². The van der Waals surface area contributed by atoms with Gasteiger partial charge in [-0.3, -0.25) is 9.20 Å². The van der Waals surface area contributed by atoms with E-state index >= 15 is 0 Å². The maximum atomic E-state index is 12.9. The Morgan fingerprint density at radius 2 is 2.00 bits per heavy atom. The van der Waals surface area contributed by atoms with Gasteiger partial charge in [-0.2, -0.15) is 0 Å². The number of ether oxygens (including phenoxy) is 2. The van der Waals surface area contributed by atoms with Crippen molar-refractivity contribution in [2.45, 2.75) is 6.54 Å². The van der Waals surface area contributed by atoms with Crippen LogP contribution in [-0.2, 0) is 16.0 Å². The van der Waals surface area contributed by atoms with Crippen LogP contribution >= 0.6 is 0 Å². The summed E-state index contributed by atoms with van der Waals surface area (Å²) in [5.74, 6) is 0.595. The fourth-order valence-electron chi connectivity index (χ4n) is 4.89. The predicted octanol–water partition coefficient (Wildman–Crippen LogP) is 3.28.